The minimum atomic E-state index is 0.742. The van der Waals surface area contributed by atoms with E-state index >= 15 is 0 Å². The summed E-state index contributed by atoms with van der Waals surface area (Å²) in [6.45, 7) is 7.85. The summed E-state index contributed by atoms with van der Waals surface area (Å²) in [5.41, 5.74) is 4.23. The van der Waals surface area contributed by atoms with E-state index in [1.54, 1.807) is 0 Å². The van der Waals surface area contributed by atoms with E-state index in [1.165, 1.54) is 0 Å². The van der Waals surface area contributed by atoms with Gasteiger partial charge < -0.3 is 0 Å². The van der Waals surface area contributed by atoms with Gasteiger partial charge in [-0.2, -0.15) is 0 Å². The average molecular weight is 294 g/mol. The van der Waals surface area contributed by atoms with Crippen molar-refractivity contribution >= 4 is 23.8 Å². The van der Waals surface area contributed by atoms with Gasteiger partial charge in [-0.25, -0.2) is 9.97 Å². The van der Waals surface area contributed by atoms with Crippen LogP contribution < -0.4 is 0 Å². The summed E-state index contributed by atoms with van der Waals surface area (Å²) in [6.07, 6.45) is 9.52. The molecular weight excluding hydrogens is 276 g/mol. The van der Waals surface area contributed by atoms with Crippen molar-refractivity contribution in [3.63, 3.8) is 0 Å². The van der Waals surface area contributed by atoms with Crippen molar-refractivity contribution in [3.05, 3.63) is 78.4 Å². The normalized spacial score (nSPS) is 12.3. The van der Waals surface area contributed by atoms with Crippen molar-refractivity contribution in [2.24, 2.45) is 0 Å². The SMILES string of the molecule is C=C/C(=C\C=C(/C)c1ncc(C)cn1)c1ccc(S)cc1. The van der Waals surface area contributed by atoms with Gasteiger partial charge in [-0.1, -0.05) is 36.9 Å². The second kappa shape index (κ2) is 7.04. The molecule has 0 atom stereocenters. The van der Waals surface area contributed by atoms with Crippen LogP contribution in [0.1, 0.15) is 23.9 Å². The van der Waals surface area contributed by atoms with Gasteiger partial charge in [-0.3, -0.25) is 0 Å². The number of hydrogen-bond donors (Lipinski definition) is 1. The zero-order valence-corrected chi connectivity index (χ0v) is 13.1. The van der Waals surface area contributed by atoms with Gasteiger partial charge in [0.25, 0.3) is 0 Å². The number of rotatable bonds is 4. The molecule has 0 fully saturated rings. The van der Waals surface area contributed by atoms with Crippen LogP contribution in [0, 0.1) is 6.92 Å². The molecule has 2 rings (SSSR count). The highest BCUT2D eigenvalue weighted by Crippen LogP contribution is 2.19. The van der Waals surface area contributed by atoms with E-state index in [0.717, 1.165) is 33.0 Å². The fourth-order valence-corrected chi connectivity index (χ4v) is 1.97. The number of benzene rings is 1. The third kappa shape index (κ3) is 4.17. The van der Waals surface area contributed by atoms with Crippen molar-refractivity contribution in [3.8, 4) is 0 Å². The maximum Gasteiger partial charge on any atom is 0.154 e. The first kappa shape index (κ1) is 15.3. The molecule has 106 valence electrons. The van der Waals surface area contributed by atoms with Gasteiger partial charge >= 0.3 is 0 Å². The molecule has 0 N–H and O–H groups in total. The minimum Gasteiger partial charge on any atom is -0.237 e. The first-order valence-electron chi connectivity index (χ1n) is 6.69. The molecule has 0 aliphatic heterocycles. The van der Waals surface area contributed by atoms with E-state index in [2.05, 4.69) is 29.2 Å². The number of nitrogens with zero attached hydrogens (tertiary/aromatic N) is 2. The summed E-state index contributed by atoms with van der Waals surface area (Å²) in [6, 6.07) is 7.99. The molecule has 21 heavy (non-hydrogen) atoms. The molecule has 0 unspecified atom stereocenters. The lowest BCUT2D eigenvalue weighted by atomic mass is 10.0. The number of aromatic nitrogens is 2. The quantitative estimate of drug-likeness (QED) is 0.650. The topological polar surface area (TPSA) is 25.8 Å². The van der Waals surface area contributed by atoms with Crippen LogP contribution >= 0.6 is 12.6 Å². The van der Waals surface area contributed by atoms with Gasteiger partial charge in [0.15, 0.2) is 5.82 Å². The van der Waals surface area contributed by atoms with Gasteiger partial charge in [-0.05, 0) is 48.3 Å². The van der Waals surface area contributed by atoms with Crippen LogP contribution in [-0.4, -0.2) is 9.97 Å². The van der Waals surface area contributed by atoms with Crippen LogP contribution in [0.2, 0.25) is 0 Å². The third-order valence-corrected chi connectivity index (χ3v) is 3.37. The zero-order chi connectivity index (χ0) is 15.2. The number of thiol groups is 1. The van der Waals surface area contributed by atoms with E-state index in [9.17, 15) is 0 Å². The summed E-state index contributed by atoms with van der Waals surface area (Å²) in [5.74, 6) is 0.742. The van der Waals surface area contributed by atoms with Crippen molar-refractivity contribution in [1.82, 2.24) is 9.97 Å². The molecule has 1 aromatic carbocycles. The summed E-state index contributed by atoms with van der Waals surface area (Å²) in [4.78, 5) is 9.59. The Kier molecular flexibility index (Phi) is 5.12. The zero-order valence-electron chi connectivity index (χ0n) is 12.2. The van der Waals surface area contributed by atoms with Crippen molar-refractivity contribution < 1.29 is 0 Å². The summed E-state index contributed by atoms with van der Waals surface area (Å²) < 4.78 is 0. The van der Waals surface area contributed by atoms with Crippen molar-refractivity contribution in [2.75, 3.05) is 0 Å². The molecule has 1 heterocycles. The lowest BCUT2D eigenvalue weighted by Gasteiger charge is -2.03. The summed E-state index contributed by atoms with van der Waals surface area (Å²) in [5, 5.41) is 0. The molecule has 0 amide bonds. The van der Waals surface area contributed by atoms with Crippen LogP contribution in [0.5, 0.6) is 0 Å². The van der Waals surface area contributed by atoms with Gasteiger partial charge in [0.2, 0.25) is 0 Å². The second-order valence-corrected chi connectivity index (χ2v) is 5.32. The molecular formula is C18H18N2S. The molecule has 0 saturated carbocycles. The van der Waals surface area contributed by atoms with Crippen LogP contribution in [0.25, 0.3) is 11.1 Å². The molecule has 2 aromatic rings. The smallest absolute Gasteiger partial charge is 0.154 e. The molecule has 0 aliphatic rings. The fraction of sp³-hybridized carbons (Fsp3) is 0.111. The van der Waals surface area contributed by atoms with E-state index in [4.69, 9.17) is 0 Å². The lowest BCUT2D eigenvalue weighted by Crippen LogP contribution is -1.91. The Labute approximate surface area is 131 Å². The van der Waals surface area contributed by atoms with Gasteiger partial charge in [0.05, 0.1) is 0 Å². The first-order valence-corrected chi connectivity index (χ1v) is 7.14. The van der Waals surface area contributed by atoms with E-state index in [-0.39, 0.29) is 0 Å². The standard InChI is InChI=1S/C18H18N2S/c1-4-15(16-7-9-17(21)10-8-16)6-5-14(3)18-19-11-13(2)12-20-18/h4-12,21H,1H2,2-3H3/b14-5+,15-6+. The Hall–Kier alpha value is -2.13. The predicted molar refractivity (Wildman–Crippen MR) is 92.3 cm³/mol. The Morgan fingerprint density at radius 3 is 2.29 bits per heavy atom. The number of allylic oxidation sites excluding steroid dienone is 5. The van der Waals surface area contributed by atoms with Gasteiger partial charge in [-0.15, -0.1) is 12.6 Å². The molecule has 0 aliphatic carbocycles. The van der Waals surface area contributed by atoms with Crippen molar-refractivity contribution in [1.29, 1.82) is 0 Å². The third-order valence-electron chi connectivity index (χ3n) is 3.07. The molecule has 0 radical (unpaired) electrons. The summed E-state index contributed by atoms with van der Waals surface area (Å²) in [7, 11) is 0. The summed E-state index contributed by atoms with van der Waals surface area (Å²) >= 11 is 4.30. The monoisotopic (exact) mass is 294 g/mol. The Bertz CT molecular complexity index is 680. The molecule has 2 nitrogen and oxygen atoms in total. The largest absolute Gasteiger partial charge is 0.237 e. The number of aryl methyl sites for hydroxylation is 1. The number of hydrogen-bond acceptors (Lipinski definition) is 3. The molecule has 0 saturated heterocycles. The van der Waals surface area contributed by atoms with Crippen LogP contribution in [0.15, 0.2) is 66.4 Å². The highest BCUT2D eigenvalue weighted by atomic mass is 32.1. The second-order valence-electron chi connectivity index (χ2n) is 4.81. The Morgan fingerprint density at radius 1 is 1.10 bits per heavy atom. The van der Waals surface area contributed by atoms with Crippen LogP contribution in [0.3, 0.4) is 0 Å². The van der Waals surface area contributed by atoms with Gasteiger partial charge in [0.1, 0.15) is 0 Å². The van der Waals surface area contributed by atoms with Gasteiger partial charge in [0, 0.05) is 17.3 Å². The molecule has 1 aromatic heterocycles. The Balaban J connectivity index is 2.27. The average Bonchev–Trinajstić information content (AvgIpc) is 2.50. The van der Waals surface area contributed by atoms with Crippen molar-refractivity contribution in [2.45, 2.75) is 18.7 Å². The van der Waals surface area contributed by atoms with Crippen LogP contribution in [-0.2, 0) is 0 Å². The molecule has 0 bridgehead atoms. The van der Waals surface area contributed by atoms with E-state index in [0.29, 0.717) is 0 Å². The van der Waals surface area contributed by atoms with E-state index in [1.807, 2.05) is 68.7 Å². The van der Waals surface area contributed by atoms with E-state index < -0.39 is 0 Å². The molecule has 0 spiro atoms. The molecule has 3 heteroatoms. The maximum atomic E-state index is 4.32. The predicted octanol–water partition coefficient (Wildman–Crippen LogP) is 4.75. The highest BCUT2D eigenvalue weighted by Gasteiger charge is 1.99. The Morgan fingerprint density at radius 2 is 1.71 bits per heavy atom. The maximum absolute atomic E-state index is 4.32. The first-order chi connectivity index (χ1) is 10.1. The lowest BCUT2D eigenvalue weighted by molar-refractivity contribution is 1.08. The highest BCUT2D eigenvalue weighted by molar-refractivity contribution is 7.80. The minimum absolute atomic E-state index is 0.742. The fourth-order valence-electron chi connectivity index (χ4n) is 1.82. The van der Waals surface area contributed by atoms with Crippen LogP contribution in [0.4, 0.5) is 0 Å².